The van der Waals surface area contributed by atoms with Crippen LogP contribution in [0.1, 0.15) is 367 Å². The normalized spacial score (nSPS) is 12.2. The van der Waals surface area contributed by atoms with Crippen molar-refractivity contribution in [1.82, 2.24) is 0 Å². The van der Waals surface area contributed by atoms with Crippen LogP contribution in [0.2, 0.25) is 0 Å². The van der Waals surface area contributed by atoms with Gasteiger partial charge in [0.25, 0.3) is 0 Å². The number of esters is 3. The van der Waals surface area contributed by atoms with Crippen LogP contribution in [-0.4, -0.2) is 37.2 Å². The molecule has 0 aliphatic heterocycles. The van der Waals surface area contributed by atoms with Crippen LogP contribution in [0.4, 0.5) is 0 Å². The molecule has 6 nitrogen and oxygen atoms in total. The Kier molecular flexibility index (Phi) is 62.1. The van der Waals surface area contributed by atoms with E-state index in [0.29, 0.717) is 19.3 Å². The van der Waals surface area contributed by atoms with Crippen LogP contribution < -0.4 is 0 Å². The van der Waals surface area contributed by atoms with Gasteiger partial charge in [-0.25, -0.2) is 0 Å². The molecular weight excluding hydrogens is 925 g/mol. The van der Waals surface area contributed by atoms with Gasteiger partial charge in [-0.15, -0.1) is 0 Å². The van der Waals surface area contributed by atoms with Crippen molar-refractivity contribution in [2.75, 3.05) is 13.2 Å². The summed E-state index contributed by atoms with van der Waals surface area (Å²) in [5, 5.41) is 0. The van der Waals surface area contributed by atoms with E-state index in [1.54, 1.807) is 0 Å². The van der Waals surface area contributed by atoms with Crippen LogP contribution >= 0.6 is 0 Å². The van der Waals surface area contributed by atoms with E-state index in [1.165, 1.54) is 238 Å². The first kappa shape index (κ1) is 72.6. The van der Waals surface area contributed by atoms with Crippen LogP contribution in [0.15, 0.2) is 36.5 Å². The minimum absolute atomic E-state index is 0.0769. The first-order valence-corrected chi connectivity index (χ1v) is 33.5. The number of ether oxygens (including phenoxy) is 3. The Hall–Kier alpha value is -2.37. The highest BCUT2D eigenvalue weighted by atomic mass is 16.6. The van der Waals surface area contributed by atoms with Crippen LogP contribution in [0.3, 0.4) is 0 Å². The predicted molar refractivity (Wildman–Crippen MR) is 326 cm³/mol. The summed E-state index contributed by atoms with van der Waals surface area (Å²) in [6, 6.07) is 0. The molecule has 0 bridgehead atoms. The van der Waals surface area contributed by atoms with Crippen LogP contribution in [0.25, 0.3) is 0 Å². The summed E-state index contributed by atoms with van der Waals surface area (Å²) in [6.07, 6.45) is 79.0. The molecule has 0 N–H and O–H groups in total. The molecule has 0 rings (SSSR count). The van der Waals surface area contributed by atoms with Gasteiger partial charge in [-0.2, -0.15) is 0 Å². The highest BCUT2D eigenvalue weighted by Gasteiger charge is 2.19. The lowest BCUT2D eigenvalue weighted by Gasteiger charge is -2.18. The zero-order valence-electron chi connectivity index (χ0n) is 50.6. The summed E-state index contributed by atoms with van der Waals surface area (Å²) >= 11 is 0. The molecule has 0 aliphatic rings. The zero-order valence-corrected chi connectivity index (χ0v) is 50.6. The fourth-order valence-corrected chi connectivity index (χ4v) is 10.0. The summed E-state index contributed by atoms with van der Waals surface area (Å²) in [6.45, 7) is 6.61. The second-order valence-electron chi connectivity index (χ2n) is 22.7. The molecule has 0 aromatic rings. The lowest BCUT2D eigenvalue weighted by Crippen LogP contribution is -2.30. The maximum Gasteiger partial charge on any atom is 0.306 e. The quantitative estimate of drug-likeness (QED) is 0.0261. The summed E-state index contributed by atoms with van der Waals surface area (Å²) < 4.78 is 16.9. The molecule has 0 aromatic heterocycles. The van der Waals surface area contributed by atoms with Crippen LogP contribution in [-0.2, 0) is 28.6 Å². The van der Waals surface area contributed by atoms with Gasteiger partial charge in [0.05, 0.1) is 0 Å². The van der Waals surface area contributed by atoms with Gasteiger partial charge in [0.15, 0.2) is 6.10 Å². The monoisotopic (exact) mass is 1050 g/mol. The number of unbranched alkanes of at least 4 members (excludes halogenated alkanes) is 45. The molecule has 0 spiro atoms. The number of carbonyl (C=O) groups excluding carboxylic acids is 3. The summed E-state index contributed by atoms with van der Waals surface area (Å²) in [5.41, 5.74) is 0. The smallest absolute Gasteiger partial charge is 0.306 e. The van der Waals surface area contributed by atoms with E-state index in [-0.39, 0.29) is 31.1 Å². The topological polar surface area (TPSA) is 78.9 Å². The molecule has 0 aromatic carbocycles. The van der Waals surface area contributed by atoms with Gasteiger partial charge in [-0.05, 0) is 70.6 Å². The van der Waals surface area contributed by atoms with Crippen molar-refractivity contribution in [2.45, 2.75) is 374 Å². The van der Waals surface area contributed by atoms with E-state index in [4.69, 9.17) is 14.2 Å². The number of rotatable bonds is 62. The van der Waals surface area contributed by atoms with Crippen molar-refractivity contribution in [2.24, 2.45) is 0 Å². The third-order valence-corrected chi connectivity index (χ3v) is 15.1. The molecule has 1 atom stereocenters. The summed E-state index contributed by atoms with van der Waals surface area (Å²) in [7, 11) is 0. The van der Waals surface area contributed by atoms with E-state index >= 15 is 0 Å². The van der Waals surface area contributed by atoms with Crippen LogP contribution in [0, 0.1) is 0 Å². The third kappa shape index (κ3) is 62.4. The van der Waals surface area contributed by atoms with Gasteiger partial charge in [0.2, 0.25) is 0 Å². The molecule has 0 heterocycles. The number of hydrogen-bond donors (Lipinski definition) is 0. The number of allylic oxidation sites excluding steroid dienone is 6. The standard InChI is InChI=1S/C69H128O6/c1-4-7-10-13-16-19-22-24-26-27-28-29-30-31-32-33-34-35-36-37-38-39-40-41-43-44-47-50-53-56-59-62-68(71)74-65-66(64-73-67(70)61-58-55-52-49-46-21-18-15-12-9-6-3)75-69(72)63-60-57-54-51-48-45-42-25-23-20-17-14-11-8-5-2/h15,17-18,20,25,42,66H,4-14,16,19,21-24,26-41,43-65H2,1-3H3/b18-15-,20-17-,42-25-. The van der Waals surface area contributed by atoms with Gasteiger partial charge in [0, 0.05) is 19.3 Å². The molecule has 0 saturated heterocycles. The van der Waals surface area contributed by atoms with Crippen molar-refractivity contribution < 1.29 is 28.6 Å². The molecule has 0 amide bonds. The zero-order chi connectivity index (χ0) is 54.3. The molecule has 0 aliphatic carbocycles. The predicted octanol–water partition coefficient (Wildman–Crippen LogP) is 22.8. The molecule has 0 radical (unpaired) electrons. The fourth-order valence-electron chi connectivity index (χ4n) is 10.0. The highest BCUT2D eigenvalue weighted by molar-refractivity contribution is 5.71. The van der Waals surface area contributed by atoms with E-state index in [9.17, 15) is 14.4 Å². The van der Waals surface area contributed by atoms with E-state index < -0.39 is 6.10 Å². The molecule has 0 saturated carbocycles. The fraction of sp³-hybridized carbons (Fsp3) is 0.870. The molecule has 0 fully saturated rings. The van der Waals surface area contributed by atoms with Crippen molar-refractivity contribution >= 4 is 17.9 Å². The molecule has 6 heteroatoms. The third-order valence-electron chi connectivity index (χ3n) is 15.1. The van der Waals surface area contributed by atoms with Crippen molar-refractivity contribution in [3.8, 4) is 0 Å². The summed E-state index contributed by atoms with van der Waals surface area (Å²) in [4.78, 5) is 38.2. The van der Waals surface area contributed by atoms with Crippen molar-refractivity contribution in [1.29, 1.82) is 0 Å². The molecule has 440 valence electrons. The van der Waals surface area contributed by atoms with Gasteiger partial charge < -0.3 is 14.2 Å². The number of carbonyl (C=O) groups is 3. The van der Waals surface area contributed by atoms with E-state index in [1.807, 2.05) is 0 Å². The van der Waals surface area contributed by atoms with Crippen LogP contribution in [0.5, 0.6) is 0 Å². The van der Waals surface area contributed by atoms with Gasteiger partial charge in [0.1, 0.15) is 13.2 Å². The second kappa shape index (κ2) is 64.2. The minimum atomic E-state index is -0.780. The Morgan fingerprint density at radius 1 is 0.267 bits per heavy atom. The summed E-state index contributed by atoms with van der Waals surface area (Å²) in [5.74, 6) is -0.881. The van der Waals surface area contributed by atoms with Gasteiger partial charge in [-0.1, -0.05) is 314 Å². The molecule has 75 heavy (non-hydrogen) atoms. The minimum Gasteiger partial charge on any atom is -0.462 e. The maximum absolute atomic E-state index is 12.9. The van der Waals surface area contributed by atoms with Gasteiger partial charge >= 0.3 is 17.9 Å². The lowest BCUT2D eigenvalue weighted by atomic mass is 10.0. The second-order valence-corrected chi connectivity index (χ2v) is 22.7. The van der Waals surface area contributed by atoms with Crippen molar-refractivity contribution in [3.05, 3.63) is 36.5 Å². The first-order chi connectivity index (χ1) is 37.0. The van der Waals surface area contributed by atoms with E-state index in [0.717, 1.165) is 89.9 Å². The highest BCUT2D eigenvalue weighted by Crippen LogP contribution is 2.18. The number of hydrogen-bond acceptors (Lipinski definition) is 6. The van der Waals surface area contributed by atoms with Gasteiger partial charge in [-0.3, -0.25) is 14.4 Å². The Morgan fingerprint density at radius 3 is 0.813 bits per heavy atom. The average molecular weight is 1050 g/mol. The Balaban J connectivity index is 4.08. The van der Waals surface area contributed by atoms with E-state index in [2.05, 4.69) is 57.2 Å². The Morgan fingerprint density at radius 2 is 0.493 bits per heavy atom. The lowest BCUT2D eigenvalue weighted by molar-refractivity contribution is -0.167. The Labute approximate surface area is 467 Å². The SMILES string of the molecule is CCCC/C=C\CCCCCCCC(=O)OCC(COC(=O)CCCCCCCCCCCCCCCCCCCCCCCCCCCCCCCCC)OC(=O)CCCCCCC/C=C\C/C=C\CCCCC. The average Bonchev–Trinajstić information content (AvgIpc) is 3.41. The first-order valence-electron chi connectivity index (χ1n) is 33.5. The Bertz CT molecular complexity index is 1250. The molecular formula is C69H128O6. The molecule has 1 unspecified atom stereocenters. The van der Waals surface area contributed by atoms with Crippen molar-refractivity contribution in [3.63, 3.8) is 0 Å². The largest absolute Gasteiger partial charge is 0.462 e. The maximum atomic E-state index is 12.9.